The van der Waals surface area contributed by atoms with Crippen molar-refractivity contribution >= 4 is 17.4 Å². The fraction of sp³-hybridized carbons (Fsp3) is 0.793. The van der Waals surface area contributed by atoms with Crippen LogP contribution in [0.5, 0.6) is 0 Å². The summed E-state index contributed by atoms with van der Waals surface area (Å²) in [5.74, 6) is -2.85. The molecule has 79 heavy (non-hydrogen) atoms. The summed E-state index contributed by atoms with van der Waals surface area (Å²) in [6.07, 6.45) is -5.28. The van der Waals surface area contributed by atoms with Crippen molar-refractivity contribution in [3.05, 3.63) is 53.4 Å². The highest BCUT2D eigenvalue weighted by Gasteiger charge is 2.53. The van der Waals surface area contributed by atoms with Crippen LogP contribution < -0.4 is 0 Å². The average molecular weight is 1120 g/mol. The molecule has 20 nitrogen and oxygen atoms in total. The Kier molecular flexibility index (Phi) is 22.3. The molecule has 3 saturated heterocycles. The molecule has 1 amide bonds. The first kappa shape index (κ1) is 64.6. The van der Waals surface area contributed by atoms with E-state index >= 15 is 4.39 Å². The molecule has 4 aliphatic heterocycles. The lowest BCUT2D eigenvalue weighted by Crippen LogP contribution is -2.61. The predicted molar refractivity (Wildman–Crippen MR) is 293 cm³/mol. The molecule has 0 bridgehead atoms. The van der Waals surface area contributed by atoms with Crippen LogP contribution in [0.1, 0.15) is 137 Å². The maximum Gasteiger partial charge on any atom is 0.311 e. The number of rotatable bonds is 16. The second-order valence-corrected chi connectivity index (χ2v) is 24.1. The monoisotopic (exact) mass is 1120 g/mol. The molecule has 0 aliphatic carbocycles. The summed E-state index contributed by atoms with van der Waals surface area (Å²) < 4.78 is 60.8. The summed E-state index contributed by atoms with van der Waals surface area (Å²) in [6.45, 7) is 20.3. The topological polar surface area (TPSA) is 240 Å². The number of amides is 1. The smallest absolute Gasteiger partial charge is 0.311 e. The van der Waals surface area contributed by atoms with Crippen LogP contribution in [-0.4, -0.2) is 219 Å². The highest BCUT2D eigenvalue weighted by molar-refractivity contribution is 5.76. The third kappa shape index (κ3) is 15.0. The Morgan fingerprint density at radius 2 is 1.67 bits per heavy atom. The number of halogens is 1. The minimum atomic E-state index is -1.86. The van der Waals surface area contributed by atoms with Gasteiger partial charge in [0.1, 0.15) is 48.8 Å². The van der Waals surface area contributed by atoms with Gasteiger partial charge in [0.2, 0.25) is 5.91 Å². The van der Waals surface area contributed by atoms with E-state index in [0.29, 0.717) is 44.7 Å². The number of alkyl halides is 1. The number of aromatic nitrogens is 3. The zero-order valence-corrected chi connectivity index (χ0v) is 49.5. The normalized spacial score (nSPS) is 38.6. The number of carbonyl (C=O) groups excluding carboxylic acids is 2. The Balaban J connectivity index is 1.23. The number of hydrogen-bond acceptors (Lipinski definition) is 18. The number of cyclic esters (lactones) is 1. The van der Waals surface area contributed by atoms with E-state index in [1.807, 2.05) is 62.0 Å². The number of hydrogen-bond donors (Lipinski definition) is 5. The van der Waals surface area contributed by atoms with Crippen LogP contribution in [0.15, 0.2) is 36.5 Å². The number of carbonyl (C=O) groups is 2. The molecule has 20 atom stereocenters. The zero-order chi connectivity index (χ0) is 58.5. The lowest BCUT2D eigenvalue weighted by molar-refractivity contribution is -0.318. The number of likely N-dealkylation sites (N-methyl/N-ethyl adjacent to an activating group) is 2. The van der Waals surface area contributed by atoms with Crippen molar-refractivity contribution in [2.75, 3.05) is 61.2 Å². The fourth-order valence-electron chi connectivity index (χ4n) is 12.6. The van der Waals surface area contributed by atoms with E-state index in [1.54, 1.807) is 73.6 Å². The van der Waals surface area contributed by atoms with Gasteiger partial charge in [-0.2, -0.15) is 0 Å². The molecule has 2 aromatic rings. The van der Waals surface area contributed by atoms with E-state index in [-0.39, 0.29) is 31.1 Å². The standard InChI is InChI=1S/C58H95FN6O14/c1-16-46-58(11,72)51(68)37(6)63(13)31-33(2)28-56(9,71)53(35(4)49(36(5)54(70)77-46)78-47-29-57(10,74-15)52(69)38(7)76-47)79-55-48(67)44(27-34(3)75-55)62(12)24-23-43-32-65(61-60-43)45(30-59)50(73-14)42-19-17-40(18-20-42)41-21-25-64(26-22-41)39(8)66/h17-21,32-38,44-53,55,67-69,71-72H,16,22-31H2,1-15H3/t33-,34-,35+,36-,37-,38+,44+,45-,46-,47+,48-,49+,50-,51-,52+,53-,55+,56-,57-,58-/m1/s1. The Morgan fingerprint density at radius 1 is 0.987 bits per heavy atom. The van der Waals surface area contributed by atoms with Gasteiger partial charge >= 0.3 is 5.97 Å². The van der Waals surface area contributed by atoms with Gasteiger partial charge in [-0.15, -0.1) is 5.10 Å². The van der Waals surface area contributed by atoms with Gasteiger partial charge in [0.25, 0.3) is 0 Å². The highest BCUT2D eigenvalue weighted by atomic mass is 19.1. The van der Waals surface area contributed by atoms with Crippen LogP contribution in [0.2, 0.25) is 0 Å². The number of methoxy groups -OCH3 is 2. The van der Waals surface area contributed by atoms with Crippen molar-refractivity contribution in [2.45, 2.75) is 217 Å². The van der Waals surface area contributed by atoms with Crippen LogP contribution in [0, 0.1) is 17.8 Å². The third-order valence-corrected chi connectivity index (χ3v) is 17.8. The van der Waals surface area contributed by atoms with Crippen LogP contribution in [0.25, 0.3) is 5.57 Å². The summed E-state index contributed by atoms with van der Waals surface area (Å²) in [6, 6.07) is 5.95. The Labute approximate surface area is 467 Å². The molecule has 1 aromatic carbocycles. The van der Waals surface area contributed by atoms with Gasteiger partial charge in [-0.1, -0.05) is 56.3 Å². The van der Waals surface area contributed by atoms with Crippen LogP contribution >= 0.6 is 0 Å². The molecule has 448 valence electrons. The first-order valence-electron chi connectivity index (χ1n) is 28.4. The molecule has 0 spiro atoms. The van der Waals surface area contributed by atoms with Gasteiger partial charge in [0.15, 0.2) is 12.6 Å². The van der Waals surface area contributed by atoms with Crippen molar-refractivity contribution in [1.29, 1.82) is 0 Å². The first-order valence-corrected chi connectivity index (χ1v) is 28.4. The first-order chi connectivity index (χ1) is 37.1. The Morgan fingerprint density at radius 3 is 2.27 bits per heavy atom. The SMILES string of the molecule is CC[C@H]1OC(=O)[C@H](C)[C@@H](O[C@H]2C[C@@](C)(OC)[C@@H](O)[C@H](C)O2)[C@H](C)[C@@H](O[C@@H]2O[C@H](C)C[C@H](N(C)CCc3cn([C@H](CF)[C@H](OC)c4ccc(C5=CCN(C(C)=O)CC5)cc4)nn3)[C@H]2O)[C@](C)(O)C[C@@H](C)CN(C)[C@H](C)[C@@H](O)[C@]1(C)O. The number of esters is 1. The minimum Gasteiger partial charge on any atom is -0.459 e. The van der Waals surface area contributed by atoms with Crippen LogP contribution in [-0.2, 0) is 49.2 Å². The maximum atomic E-state index is 15.0. The molecule has 4 aliphatic rings. The molecule has 6 rings (SSSR count). The van der Waals surface area contributed by atoms with Crippen molar-refractivity contribution in [3.8, 4) is 0 Å². The summed E-state index contributed by atoms with van der Waals surface area (Å²) in [7, 11) is 6.75. The fourth-order valence-corrected chi connectivity index (χ4v) is 12.6. The van der Waals surface area contributed by atoms with Gasteiger partial charge in [0, 0.05) is 84.4 Å². The van der Waals surface area contributed by atoms with E-state index in [1.165, 1.54) is 18.7 Å². The van der Waals surface area contributed by atoms with Crippen molar-refractivity contribution in [3.63, 3.8) is 0 Å². The van der Waals surface area contributed by atoms with E-state index < -0.39 is 127 Å². The second kappa shape index (κ2) is 27.2. The number of benzene rings is 1. The van der Waals surface area contributed by atoms with Gasteiger partial charge < -0.3 is 73.4 Å². The average Bonchev–Trinajstić information content (AvgIpc) is 4.05. The molecule has 0 saturated carbocycles. The third-order valence-electron chi connectivity index (χ3n) is 17.8. The molecule has 21 heteroatoms. The Bertz CT molecular complexity index is 2310. The summed E-state index contributed by atoms with van der Waals surface area (Å²) in [5.41, 5.74) is -1.04. The second-order valence-electron chi connectivity index (χ2n) is 24.1. The van der Waals surface area contributed by atoms with E-state index in [4.69, 9.17) is 33.2 Å². The number of aliphatic hydroxyl groups is 5. The van der Waals surface area contributed by atoms with Crippen molar-refractivity contribution in [1.82, 2.24) is 29.7 Å². The van der Waals surface area contributed by atoms with Gasteiger partial charge in [0.05, 0.1) is 47.2 Å². The van der Waals surface area contributed by atoms with Crippen LogP contribution in [0.4, 0.5) is 4.39 Å². The molecule has 0 unspecified atom stereocenters. The van der Waals surface area contributed by atoms with Crippen LogP contribution in [0.3, 0.4) is 0 Å². The maximum absolute atomic E-state index is 15.0. The molecule has 1 aromatic heterocycles. The lowest BCUT2D eigenvalue weighted by Gasteiger charge is -2.49. The lowest BCUT2D eigenvalue weighted by atomic mass is 9.77. The largest absolute Gasteiger partial charge is 0.459 e. The van der Waals surface area contributed by atoms with Gasteiger partial charge in [-0.05, 0) is 111 Å². The van der Waals surface area contributed by atoms with E-state index in [2.05, 4.69) is 16.4 Å². The van der Waals surface area contributed by atoms with Crippen molar-refractivity contribution < 1.29 is 72.7 Å². The Hall–Kier alpha value is -3.55. The molecule has 3 fully saturated rings. The number of aliphatic hydroxyl groups excluding tert-OH is 3. The molecule has 5 heterocycles. The summed E-state index contributed by atoms with van der Waals surface area (Å²) in [4.78, 5) is 32.1. The summed E-state index contributed by atoms with van der Waals surface area (Å²) >= 11 is 0. The van der Waals surface area contributed by atoms with E-state index in [0.717, 1.165) is 23.1 Å². The number of nitrogens with zero attached hydrogens (tertiary/aromatic N) is 6. The van der Waals surface area contributed by atoms with E-state index in [9.17, 15) is 35.1 Å². The zero-order valence-electron chi connectivity index (χ0n) is 49.5. The molecule has 5 N–H and O–H groups in total. The van der Waals surface area contributed by atoms with Gasteiger partial charge in [-0.25, -0.2) is 9.07 Å². The quantitative estimate of drug-likeness (QED) is 0.144. The molecular weight excluding hydrogens is 1020 g/mol. The molecule has 0 radical (unpaired) electrons. The summed E-state index contributed by atoms with van der Waals surface area (Å²) in [5, 5.41) is 68.7. The highest BCUT2D eigenvalue weighted by Crippen LogP contribution is 2.41. The minimum absolute atomic E-state index is 0.0495. The van der Waals surface area contributed by atoms with Crippen molar-refractivity contribution in [2.24, 2.45) is 17.8 Å². The number of ether oxygens (including phenoxy) is 7. The van der Waals surface area contributed by atoms with Gasteiger partial charge in [-0.3, -0.25) is 9.59 Å². The predicted octanol–water partition coefficient (Wildman–Crippen LogP) is 4.64. The molecular formula is C58H95FN6O14.